The molecular weight excluding hydrogens is 206 g/mol. The van der Waals surface area contributed by atoms with Crippen molar-refractivity contribution < 1.29 is 14.3 Å². The number of benzene rings is 1. The smallest absolute Gasteiger partial charge is 0.250 e. The first-order chi connectivity index (χ1) is 7.61. The molecule has 1 N–H and O–H groups in total. The quantitative estimate of drug-likeness (QED) is 0.831. The van der Waals surface area contributed by atoms with Crippen molar-refractivity contribution in [1.82, 2.24) is 0 Å². The van der Waals surface area contributed by atoms with Crippen LogP contribution < -0.4 is 10.1 Å². The van der Waals surface area contributed by atoms with Gasteiger partial charge >= 0.3 is 0 Å². The van der Waals surface area contributed by atoms with E-state index in [1.807, 2.05) is 26.0 Å². The predicted octanol–water partition coefficient (Wildman–Crippen LogP) is 2.06. The van der Waals surface area contributed by atoms with Crippen molar-refractivity contribution in [2.75, 3.05) is 19.0 Å². The second-order valence-electron chi connectivity index (χ2n) is 3.64. The Labute approximate surface area is 95.6 Å². The zero-order chi connectivity index (χ0) is 12.0. The van der Waals surface area contributed by atoms with E-state index >= 15 is 0 Å². The number of methoxy groups -OCH3 is 1. The van der Waals surface area contributed by atoms with Gasteiger partial charge in [0.2, 0.25) is 5.91 Å². The number of amides is 1. The summed E-state index contributed by atoms with van der Waals surface area (Å²) in [6.07, 6.45) is 0.0519. The van der Waals surface area contributed by atoms with Crippen molar-refractivity contribution in [3.63, 3.8) is 0 Å². The molecule has 1 amide bonds. The molecule has 0 bridgehead atoms. The average molecular weight is 223 g/mol. The second kappa shape index (κ2) is 6.12. The van der Waals surface area contributed by atoms with Gasteiger partial charge in [0.15, 0.2) is 0 Å². The van der Waals surface area contributed by atoms with E-state index in [9.17, 15) is 4.79 Å². The Balaban J connectivity index is 2.49. The van der Waals surface area contributed by atoms with Crippen LogP contribution >= 0.6 is 0 Å². The fourth-order valence-corrected chi connectivity index (χ4v) is 1.14. The first-order valence-corrected chi connectivity index (χ1v) is 5.17. The van der Waals surface area contributed by atoms with E-state index in [1.54, 1.807) is 19.2 Å². The van der Waals surface area contributed by atoms with Crippen LogP contribution in [-0.2, 0) is 9.53 Å². The van der Waals surface area contributed by atoms with Gasteiger partial charge in [-0.1, -0.05) is 6.07 Å². The summed E-state index contributed by atoms with van der Waals surface area (Å²) >= 11 is 0. The van der Waals surface area contributed by atoms with Crippen LogP contribution in [0.5, 0.6) is 5.75 Å². The van der Waals surface area contributed by atoms with Gasteiger partial charge in [0.25, 0.3) is 0 Å². The summed E-state index contributed by atoms with van der Waals surface area (Å²) < 4.78 is 10.2. The molecule has 4 heteroatoms. The molecule has 1 aromatic carbocycles. The second-order valence-corrected chi connectivity index (χ2v) is 3.64. The lowest BCUT2D eigenvalue weighted by Gasteiger charge is -2.09. The van der Waals surface area contributed by atoms with E-state index in [0.717, 1.165) is 0 Å². The SMILES string of the molecule is COc1cccc(NC(=O)COC(C)C)c1. The molecule has 0 saturated heterocycles. The standard InChI is InChI=1S/C12H17NO3/c1-9(2)16-8-12(14)13-10-5-4-6-11(7-10)15-3/h4-7,9H,8H2,1-3H3,(H,13,14). The molecule has 0 aliphatic carbocycles. The number of anilines is 1. The maximum atomic E-state index is 11.4. The van der Waals surface area contributed by atoms with E-state index in [0.29, 0.717) is 11.4 Å². The first-order valence-electron chi connectivity index (χ1n) is 5.17. The number of hydrogen-bond acceptors (Lipinski definition) is 3. The topological polar surface area (TPSA) is 47.6 Å². The Kier molecular flexibility index (Phi) is 4.79. The fraction of sp³-hybridized carbons (Fsp3) is 0.417. The summed E-state index contributed by atoms with van der Waals surface area (Å²) in [5, 5.41) is 2.73. The number of carbonyl (C=O) groups is 1. The number of nitrogens with one attached hydrogen (secondary N) is 1. The molecule has 0 spiro atoms. The van der Waals surface area contributed by atoms with Crippen LogP contribution in [0.15, 0.2) is 24.3 Å². The zero-order valence-corrected chi connectivity index (χ0v) is 9.82. The van der Waals surface area contributed by atoms with Crippen LogP contribution in [0.1, 0.15) is 13.8 Å². The minimum Gasteiger partial charge on any atom is -0.497 e. The van der Waals surface area contributed by atoms with Crippen molar-refractivity contribution in [3.05, 3.63) is 24.3 Å². The maximum absolute atomic E-state index is 11.4. The summed E-state index contributed by atoms with van der Waals surface area (Å²) in [6.45, 7) is 3.84. The van der Waals surface area contributed by atoms with Crippen LogP contribution in [0, 0.1) is 0 Å². The highest BCUT2D eigenvalue weighted by molar-refractivity contribution is 5.91. The Bertz CT molecular complexity index is 350. The van der Waals surface area contributed by atoms with E-state index < -0.39 is 0 Å². The highest BCUT2D eigenvalue weighted by Crippen LogP contribution is 2.16. The van der Waals surface area contributed by atoms with Gasteiger partial charge in [-0.25, -0.2) is 0 Å². The summed E-state index contributed by atoms with van der Waals surface area (Å²) in [4.78, 5) is 11.4. The van der Waals surface area contributed by atoms with Crippen molar-refractivity contribution in [1.29, 1.82) is 0 Å². The summed E-state index contributed by atoms with van der Waals surface area (Å²) in [6, 6.07) is 7.20. The molecule has 0 radical (unpaired) electrons. The molecule has 1 aromatic rings. The van der Waals surface area contributed by atoms with Crippen molar-refractivity contribution in [3.8, 4) is 5.75 Å². The molecule has 0 fully saturated rings. The van der Waals surface area contributed by atoms with Crippen LogP contribution in [-0.4, -0.2) is 25.7 Å². The van der Waals surface area contributed by atoms with Gasteiger partial charge in [0.05, 0.1) is 13.2 Å². The fourth-order valence-electron chi connectivity index (χ4n) is 1.14. The third-order valence-corrected chi connectivity index (χ3v) is 1.90. The van der Waals surface area contributed by atoms with E-state index in [1.165, 1.54) is 0 Å². The normalized spacial score (nSPS) is 10.2. The van der Waals surface area contributed by atoms with Crippen molar-refractivity contribution >= 4 is 11.6 Å². The Hall–Kier alpha value is -1.55. The lowest BCUT2D eigenvalue weighted by Crippen LogP contribution is -2.20. The van der Waals surface area contributed by atoms with Crippen molar-refractivity contribution in [2.45, 2.75) is 20.0 Å². The Morgan fingerprint density at radius 2 is 2.19 bits per heavy atom. The molecule has 0 saturated carbocycles. The number of hydrogen-bond donors (Lipinski definition) is 1. The van der Waals surface area contributed by atoms with Gasteiger partial charge in [-0.05, 0) is 26.0 Å². The predicted molar refractivity (Wildman–Crippen MR) is 62.7 cm³/mol. The average Bonchev–Trinajstić information content (AvgIpc) is 2.26. The monoisotopic (exact) mass is 223 g/mol. The maximum Gasteiger partial charge on any atom is 0.250 e. The van der Waals surface area contributed by atoms with Gasteiger partial charge in [0.1, 0.15) is 12.4 Å². The molecule has 4 nitrogen and oxygen atoms in total. The lowest BCUT2D eigenvalue weighted by molar-refractivity contribution is -0.121. The van der Waals surface area contributed by atoms with Gasteiger partial charge in [-0.15, -0.1) is 0 Å². The molecule has 0 aromatic heterocycles. The van der Waals surface area contributed by atoms with E-state index in [2.05, 4.69) is 5.32 Å². The third kappa shape index (κ3) is 4.31. The summed E-state index contributed by atoms with van der Waals surface area (Å²) in [7, 11) is 1.59. The summed E-state index contributed by atoms with van der Waals surface area (Å²) in [5.41, 5.74) is 0.705. The van der Waals surface area contributed by atoms with Crippen LogP contribution in [0.3, 0.4) is 0 Å². The number of ether oxygens (including phenoxy) is 2. The van der Waals surface area contributed by atoms with Crippen molar-refractivity contribution in [2.24, 2.45) is 0 Å². The minimum atomic E-state index is -0.165. The highest BCUT2D eigenvalue weighted by Gasteiger charge is 2.04. The number of rotatable bonds is 5. The molecule has 16 heavy (non-hydrogen) atoms. The van der Waals surface area contributed by atoms with Gasteiger partial charge < -0.3 is 14.8 Å². The Morgan fingerprint density at radius 3 is 2.81 bits per heavy atom. The molecular formula is C12H17NO3. The third-order valence-electron chi connectivity index (χ3n) is 1.90. The van der Waals surface area contributed by atoms with Crippen LogP contribution in [0.25, 0.3) is 0 Å². The Morgan fingerprint density at radius 1 is 1.44 bits per heavy atom. The van der Waals surface area contributed by atoms with E-state index in [-0.39, 0.29) is 18.6 Å². The highest BCUT2D eigenvalue weighted by atomic mass is 16.5. The number of carbonyl (C=O) groups excluding carboxylic acids is 1. The first kappa shape index (κ1) is 12.5. The minimum absolute atomic E-state index is 0.0519. The van der Waals surface area contributed by atoms with Crippen LogP contribution in [0.2, 0.25) is 0 Å². The van der Waals surface area contributed by atoms with Gasteiger partial charge in [-0.2, -0.15) is 0 Å². The molecule has 0 atom stereocenters. The molecule has 1 rings (SSSR count). The van der Waals surface area contributed by atoms with Gasteiger partial charge in [0, 0.05) is 11.8 Å². The molecule has 0 aliphatic rings. The molecule has 0 heterocycles. The van der Waals surface area contributed by atoms with Gasteiger partial charge in [-0.3, -0.25) is 4.79 Å². The van der Waals surface area contributed by atoms with Crippen LogP contribution in [0.4, 0.5) is 5.69 Å². The molecule has 0 unspecified atom stereocenters. The summed E-state index contributed by atoms with van der Waals surface area (Å²) in [5.74, 6) is 0.546. The molecule has 0 aliphatic heterocycles. The lowest BCUT2D eigenvalue weighted by atomic mass is 10.3. The largest absolute Gasteiger partial charge is 0.497 e. The van der Waals surface area contributed by atoms with E-state index in [4.69, 9.17) is 9.47 Å². The molecule has 88 valence electrons. The zero-order valence-electron chi connectivity index (χ0n) is 9.82.